The van der Waals surface area contributed by atoms with Crippen molar-refractivity contribution in [2.75, 3.05) is 36.6 Å². The molecule has 10 heteroatoms. The average Bonchev–Trinajstić information content (AvgIpc) is 3.11. The molecule has 0 saturated heterocycles. The van der Waals surface area contributed by atoms with E-state index in [1.165, 1.54) is 0 Å². The Labute approximate surface area is 131 Å². The third kappa shape index (κ3) is 2.96. The van der Waals surface area contributed by atoms with E-state index < -0.39 is 0 Å². The lowest BCUT2D eigenvalue weighted by atomic mass is 10.5. The van der Waals surface area contributed by atoms with Crippen LogP contribution in [-0.4, -0.2) is 56.2 Å². The van der Waals surface area contributed by atoms with Crippen LogP contribution < -0.4 is 10.2 Å². The summed E-state index contributed by atoms with van der Waals surface area (Å²) in [7, 11) is 5.78. The maximum Gasteiger partial charge on any atom is 0.245 e. The third-order valence-electron chi connectivity index (χ3n) is 2.92. The second-order valence-electron chi connectivity index (χ2n) is 4.80. The highest BCUT2D eigenvalue weighted by Crippen LogP contribution is 2.22. The van der Waals surface area contributed by atoms with E-state index in [0.29, 0.717) is 22.9 Å². The van der Waals surface area contributed by atoms with E-state index in [4.69, 9.17) is 0 Å². The lowest BCUT2D eigenvalue weighted by molar-refractivity contribution is 0.314. The van der Waals surface area contributed by atoms with Gasteiger partial charge in [0.1, 0.15) is 0 Å². The average molecular weight is 320 g/mol. The molecule has 0 atom stereocenters. The van der Waals surface area contributed by atoms with Crippen molar-refractivity contribution in [3.8, 4) is 0 Å². The van der Waals surface area contributed by atoms with Crippen LogP contribution in [-0.2, 0) is 7.05 Å². The SMILES string of the molecule is CN(C)c1nc2nonc2nc1NCCSc1nccn1C. The van der Waals surface area contributed by atoms with Gasteiger partial charge >= 0.3 is 0 Å². The molecule has 116 valence electrons. The second kappa shape index (κ2) is 6.18. The molecule has 9 nitrogen and oxygen atoms in total. The molecule has 0 aliphatic rings. The second-order valence-corrected chi connectivity index (χ2v) is 5.86. The highest BCUT2D eigenvalue weighted by atomic mass is 32.2. The first kappa shape index (κ1) is 14.6. The predicted octanol–water partition coefficient (Wildman–Crippen LogP) is 1.02. The number of nitrogens with one attached hydrogen (secondary N) is 1. The molecule has 0 unspecified atom stereocenters. The highest BCUT2D eigenvalue weighted by molar-refractivity contribution is 7.99. The van der Waals surface area contributed by atoms with Crippen LogP contribution >= 0.6 is 11.8 Å². The normalized spacial score (nSPS) is 11.0. The Morgan fingerprint density at radius 3 is 2.73 bits per heavy atom. The molecule has 0 saturated carbocycles. The van der Waals surface area contributed by atoms with Crippen LogP contribution in [0.5, 0.6) is 0 Å². The summed E-state index contributed by atoms with van der Waals surface area (Å²) in [6.45, 7) is 0.726. The van der Waals surface area contributed by atoms with E-state index in [0.717, 1.165) is 17.5 Å². The number of rotatable bonds is 6. The van der Waals surface area contributed by atoms with Crippen LogP contribution in [0.15, 0.2) is 22.2 Å². The van der Waals surface area contributed by atoms with E-state index in [1.807, 2.05) is 36.8 Å². The molecule has 0 amide bonds. The monoisotopic (exact) mass is 320 g/mol. The fraction of sp³-hybridized carbons (Fsp3) is 0.417. The summed E-state index contributed by atoms with van der Waals surface area (Å²) in [5, 5.41) is 11.7. The lowest BCUT2D eigenvalue weighted by Gasteiger charge is -2.15. The minimum absolute atomic E-state index is 0.393. The molecule has 0 aliphatic carbocycles. The smallest absolute Gasteiger partial charge is 0.245 e. The number of nitrogens with zero attached hydrogens (tertiary/aromatic N) is 7. The molecule has 3 heterocycles. The zero-order chi connectivity index (χ0) is 15.5. The minimum Gasteiger partial charge on any atom is -0.366 e. The molecule has 3 rings (SSSR count). The van der Waals surface area contributed by atoms with Crippen molar-refractivity contribution in [1.82, 2.24) is 29.8 Å². The molecule has 0 radical (unpaired) electrons. The van der Waals surface area contributed by atoms with Crippen molar-refractivity contribution in [3.63, 3.8) is 0 Å². The Kier molecular flexibility index (Phi) is 4.09. The van der Waals surface area contributed by atoms with Crippen LogP contribution in [0.25, 0.3) is 11.3 Å². The van der Waals surface area contributed by atoms with Crippen LogP contribution in [0.1, 0.15) is 0 Å². The first-order chi connectivity index (χ1) is 10.6. The Morgan fingerprint density at radius 2 is 2.05 bits per heavy atom. The summed E-state index contributed by atoms with van der Waals surface area (Å²) in [6.07, 6.45) is 3.72. The standard InChI is InChI=1S/C12H16N8OS/c1-19(2)11-10(15-8-9(16-11)18-21-17-8)13-5-7-22-12-14-4-6-20(12)3/h4,6H,5,7H2,1-3H3,(H,13,15,17). The molecule has 0 aromatic carbocycles. The summed E-state index contributed by atoms with van der Waals surface area (Å²) in [6, 6.07) is 0. The fourth-order valence-corrected chi connectivity index (χ4v) is 2.65. The van der Waals surface area contributed by atoms with Crippen molar-refractivity contribution in [2.45, 2.75) is 5.16 Å². The molecular weight excluding hydrogens is 304 g/mol. The zero-order valence-electron chi connectivity index (χ0n) is 12.5. The predicted molar refractivity (Wildman–Crippen MR) is 84.1 cm³/mol. The number of hydrogen-bond acceptors (Lipinski definition) is 9. The number of hydrogen-bond donors (Lipinski definition) is 1. The van der Waals surface area contributed by atoms with Gasteiger partial charge in [0.2, 0.25) is 11.3 Å². The summed E-state index contributed by atoms with van der Waals surface area (Å²) in [4.78, 5) is 14.9. The van der Waals surface area contributed by atoms with E-state index >= 15 is 0 Å². The van der Waals surface area contributed by atoms with Gasteiger partial charge in [-0.15, -0.1) is 0 Å². The van der Waals surface area contributed by atoms with Crippen LogP contribution in [0.3, 0.4) is 0 Å². The van der Waals surface area contributed by atoms with E-state index in [-0.39, 0.29) is 0 Å². The van der Waals surface area contributed by atoms with Gasteiger partial charge in [0.25, 0.3) is 0 Å². The van der Waals surface area contributed by atoms with Crippen molar-refractivity contribution in [2.24, 2.45) is 7.05 Å². The van der Waals surface area contributed by atoms with Crippen molar-refractivity contribution >= 4 is 34.7 Å². The number of imidazole rings is 1. The van der Waals surface area contributed by atoms with E-state index in [1.54, 1.807) is 18.0 Å². The Morgan fingerprint density at radius 1 is 1.27 bits per heavy atom. The minimum atomic E-state index is 0.393. The van der Waals surface area contributed by atoms with Gasteiger partial charge in [-0.05, 0) is 10.3 Å². The number of fused-ring (bicyclic) bond motifs is 1. The Hall–Kier alpha value is -2.36. The third-order valence-corrected chi connectivity index (χ3v) is 3.98. The van der Waals surface area contributed by atoms with Gasteiger partial charge in [0.15, 0.2) is 16.8 Å². The van der Waals surface area contributed by atoms with Gasteiger partial charge in [-0.2, -0.15) is 0 Å². The summed E-state index contributed by atoms with van der Waals surface area (Å²) in [5.74, 6) is 2.22. The molecule has 0 aliphatic heterocycles. The van der Waals surface area contributed by atoms with Gasteiger partial charge in [-0.3, -0.25) is 0 Å². The fourth-order valence-electron chi connectivity index (χ4n) is 1.86. The Bertz CT molecular complexity index is 767. The number of aromatic nitrogens is 6. The van der Waals surface area contributed by atoms with Crippen molar-refractivity contribution in [1.29, 1.82) is 0 Å². The molecule has 0 spiro atoms. The van der Waals surface area contributed by atoms with Crippen molar-refractivity contribution < 1.29 is 4.63 Å². The largest absolute Gasteiger partial charge is 0.366 e. The summed E-state index contributed by atoms with van der Waals surface area (Å²) in [5.41, 5.74) is 0.793. The number of anilines is 2. The highest BCUT2D eigenvalue weighted by Gasteiger charge is 2.13. The van der Waals surface area contributed by atoms with Gasteiger partial charge in [0, 0.05) is 45.8 Å². The molecule has 3 aromatic rings. The van der Waals surface area contributed by atoms with E-state index in [9.17, 15) is 0 Å². The first-order valence-electron chi connectivity index (χ1n) is 6.67. The topological polar surface area (TPSA) is 97.8 Å². The van der Waals surface area contributed by atoms with E-state index in [2.05, 4.69) is 35.2 Å². The lowest BCUT2D eigenvalue weighted by Crippen LogP contribution is -2.16. The quantitative estimate of drug-likeness (QED) is 0.527. The van der Waals surface area contributed by atoms with Crippen LogP contribution in [0, 0.1) is 0 Å². The van der Waals surface area contributed by atoms with Crippen LogP contribution in [0.2, 0.25) is 0 Å². The van der Waals surface area contributed by atoms with Gasteiger partial charge in [-0.25, -0.2) is 19.6 Å². The Balaban J connectivity index is 1.67. The van der Waals surface area contributed by atoms with Crippen LogP contribution in [0.4, 0.5) is 11.6 Å². The summed E-state index contributed by atoms with van der Waals surface area (Å²) < 4.78 is 6.64. The molecule has 0 bridgehead atoms. The summed E-state index contributed by atoms with van der Waals surface area (Å²) >= 11 is 1.67. The molecular formula is C12H16N8OS. The number of thioether (sulfide) groups is 1. The van der Waals surface area contributed by atoms with Gasteiger partial charge in [-0.1, -0.05) is 11.8 Å². The van der Waals surface area contributed by atoms with Crippen molar-refractivity contribution in [3.05, 3.63) is 12.4 Å². The maximum atomic E-state index is 4.66. The zero-order valence-corrected chi connectivity index (χ0v) is 13.3. The molecule has 3 aromatic heterocycles. The molecule has 0 fully saturated rings. The number of aryl methyl sites for hydroxylation is 1. The first-order valence-corrected chi connectivity index (χ1v) is 7.65. The molecule has 22 heavy (non-hydrogen) atoms. The maximum absolute atomic E-state index is 4.66. The molecule has 1 N–H and O–H groups in total. The van der Waals surface area contributed by atoms with Gasteiger partial charge < -0.3 is 14.8 Å². The van der Waals surface area contributed by atoms with Gasteiger partial charge in [0.05, 0.1) is 0 Å².